The topological polar surface area (TPSA) is 88.5 Å². The Labute approximate surface area is 200 Å². The first kappa shape index (κ1) is 25.1. The summed E-state index contributed by atoms with van der Waals surface area (Å²) in [6, 6.07) is 11.3. The number of hydrogen-bond donors (Lipinski definition) is 1. The largest absolute Gasteiger partial charge is 0.507 e. The van der Waals surface area contributed by atoms with Crippen molar-refractivity contribution < 1.29 is 28.9 Å². The molecule has 3 rings (SSSR count). The van der Waals surface area contributed by atoms with Gasteiger partial charge in [-0.2, -0.15) is 0 Å². The molecule has 0 aromatic heterocycles. The number of benzene rings is 2. The van der Waals surface area contributed by atoms with Gasteiger partial charge in [-0.3, -0.25) is 9.59 Å². The first-order chi connectivity index (χ1) is 16.3. The molecule has 182 valence electrons. The second-order valence-electron chi connectivity index (χ2n) is 8.19. The Morgan fingerprint density at radius 2 is 1.82 bits per heavy atom. The number of nitrogens with zero attached hydrogens (tertiary/aromatic N) is 2. The van der Waals surface area contributed by atoms with Crippen LogP contribution in [-0.2, 0) is 9.59 Å². The lowest BCUT2D eigenvalue weighted by molar-refractivity contribution is -0.140. The molecule has 0 radical (unpaired) electrons. The third-order valence-electron chi connectivity index (χ3n) is 5.69. The summed E-state index contributed by atoms with van der Waals surface area (Å²) in [7, 11) is 6.92. The van der Waals surface area contributed by atoms with E-state index in [0.29, 0.717) is 47.9 Å². The van der Waals surface area contributed by atoms with Crippen LogP contribution in [-0.4, -0.2) is 74.6 Å². The van der Waals surface area contributed by atoms with Gasteiger partial charge in [-0.05, 0) is 52.2 Å². The average Bonchev–Trinajstić information content (AvgIpc) is 3.08. The van der Waals surface area contributed by atoms with Crippen LogP contribution in [0.2, 0.25) is 0 Å². The van der Waals surface area contributed by atoms with Crippen LogP contribution in [0.4, 0.5) is 0 Å². The molecule has 2 aromatic carbocycles. The summed E-state index contributed by atoms with van der Waals surface area (Å²) >= 11 is 0. The molecule has 1 amide bonds. The highest BCUT2D eigenvalue weighted by molar-refractivity contribution is 6.46. The zero-order valence-corrected chi connectivity index (χ0v) is 20.3. The molecule has 34 heavy (non-hydrogen) atoms. The van der Waals surface area contributed by atoms with Gasteiger partial charge in [0.1, 0.15) is 11.5 Å². The van der Waals surface area contributed by atoms with Crippen molar-refractivity contribution >= 4 is 17.4 Å². The van der Waals surface area contributed by atoms with Crippen LogP contribution in [0.1, 0.15) is 30.5 Å². The minimum atomic E-state index is -0.831. The van der Waals surface area contributed by atoms with E-state index in [1.807, 2.05) is 25.9 Å². The third kappa shape index (κ3) is 5.02. The van der Waals surface area contributed by atoms with E-state index in [0.717, 1.165) is 6.54 Å². The lowest BCUT2D eigenvalue weighted by Crippen LogP contribution is -2.32. The van der Waals surface area contributed by atoms with Gasteiger partial charge in [-0.25, -0.2) is 0 Å². The molecule has 0 saturated carbocycles. The Kier molecular flexibility index (Phi) is 8.17. The fraction of sp³-hybridized carbons (Fsp3) is 0.385. The van der Waals surface area contributed by atoms with Crippen LogP contribution < -0.4 is 14.2 Å². The average molecular weight is 469 g/mol. The number of para-hydroxylation sites is 1. The molecule has 8 heteroatoms. The predicted molar refractivity (Wildman–Crippen MR) is 129 cm³/mol. The number of likely N-dealkylation sites (tertiary alicyclic amines) is 1. The normalized spacial score (nSPS) is 17.4. The first-order valence-corrected chi connectivity index (χ1v) is 11.2. The molecule has 1 fully saturated rings. The number of aliphatic hydroxyl groups excluding tert-OH is 1. The second-order valence-corrected chi connectivity index (χ2v) is 8.19. The maximum Gasteiger partial charge on any atom is 0.295 e. The van der Waals surface area contributed by atoms with E-state index < -0.39 is 17.7 Å². The Morgan fingerprint density at radius 3 is 2.47 bits per heavy atom. The number of carbonyl (C=O) groups excluding carboxylic acids is 2. The van der Waals surface area contributed by atoms with Crippen molar-refractivity contribution in [1.29, 1.82) is 0 Å². The lowest BCUT2D eigenvalue weighted by atomic mass is 9.94. The molecule has 1 heterocycles. The second kappa shape index (κ2) is 11.1. The number of ketones is 1. The summed E-state index contributed by atoms with van der Waals surface area (Å²) < 4.78 is 16.6. The van der Waals surface area contributed by atoms with E-state index in [2.05, 4.69) is 0 Å². The van der Waals surface area contributed by atoms with Gasteiger partial charge in [0, 0.05) is 17.7 Å². The molecule has 2 aromatic rings. The van der Waals surface area contributed by atoms with Crippen LogP contribution in [0.25, 0.3) is 5.76 Å². The summed E-state index contributed by atoms with van der Waals surface area (Å²) in [5, 5.41) is 11.3. The summed E-state index contributed by atoms with van der Waals surface area (Å²) in [5.41, 5.74) is 0.965. The Hall–Kier alpha value is -3.52. The van der Waals surface area contributed by atoms with Crippen LogP contribution in [0.3, 0.4) is 0 Å². The van der Waals surface area contributed by atoms with Crippen molar-refractivity contribution in [2.45, 2.75) is 19.4 Å². The highest BCUT2D eigenvalue weighted by Gasteiger charge is 2.47. The number of aliphatic hydroxyl groups is 1. The zero-order valence-electron chi connectivity index (χ0n) is 20.3. The van der Waals surface area contributed by atoms with Crippen LogP contribution in [0.5, 0.6) is 17.2 Å². The van der Waals surface area contributed by atoms with Gasteiger partial charge >= 0.3 is 0 Å². The smallest absolute Gasteiger partial charge is 0.295 e. The van der Waals surface area contributed by atoms with Gasteiger partial charge in [0.05, 0.1) is 32.4 Å². The van der Waals surface area contributed by atoms with E-state index in [1.165, 1.54) is 19.1 Å². The van der Waals surface area contributed by atoms with Crippen LogP contribution in [0.15, 0.2) is 48.0 Å². The molecule has 1 aliphatic heterocycles. The number of amides is 1. The number of Topliss-reactive ketones (excluding diaryl/α,β-unsaturated/α-hetero) is 1. The third-order valence-corrected chi connectivity index (χ3v) is 5.69. The van der Waals surface area contributed by atoms with Crippen molar-refractivity contribution in [2.75, 3.05) is 48.0 Å². The summed E-state index contributed by atoms with van der Waals surface area (Å²) in [4.78, 5) is 29.9. The maximum atomic E-state index is 13.3. The molecule has 0 bridgehead atoms. The molecular weight excluding hydrogens is 436 g/mol. The molecular formula is C26H32N2O6. The van der Waals surface area contributed by atoms with Crippen molar-refractivity contribution in [3.05, 3.63) is 59.2 Å². The van der Waals surface area contributed by atoms with Crippen molar-refractivity contribution in [3.63, 3.8) is 0 Å². The highest BCUT2D eigenvalue weighted by atomic mass is 16.5. The number of carbonyl (C=O) groups is 2. The molecule has 0 spiro atoms. The Bertz CT molecular complexity index is 1080. The van der Waals surface area contributed by atoms with Crippen molar-refractivity contribution in [1.82, 2.24) is 9.80 Å². The van der Waals surface area contributed by atoms with E-state index in [-0.39, 0.29) is 11.3 Å². The molecule has 1 unspecified atom stereocenters. The molecule has 1 saturated heterocycles. The SMILES string of the molecule is CCOc1cccc(/C(O)=C2\C(=O)C(=O)N(CCCN(C)C)C2c2cccc(OC)c2OC)c1. The minimum Gasteiger partial charge on any atom is -0.507 e. The molecule has 0 aliphatic carbocycles. The fourth-order valence-electron chi connectivity index (χ4n) is 4.17. The molecule has 1 N–H and O–H groups in total. The monoisotopic (exact) mass is 468 g/mol. The van der Waals surface area contributed by atoms with Gasteiger partial charge in [-0.1, -0.05) is 24.3 Å². The van der Waals surface area contributed by atoms with Crippen LogP contribution >= 0.6 is 0 Å². The number of ether oxygens (including phenoxy) is 3. The quantitative estimate of drug-likeness (QED) is 0.324. The maximum absolute atomic E-state index is 13.3. The van der Waals surface area contributed by atoms with Crippen LogP contribution in [0, 0.1) is 0 Å². The lowest BCUT2D eigenvalue weighted by Gasteiger charge is -2.27. The first-order valence-electron chi connectivity index (χ1n) is 11.2. The van der Waals surface area contributed by atoms with E-state index in [1.54, 1.807) is 42.5 Å². The molecule has 8 nitrogen and oxygen atoms in total. The Morgan fingerprint density at radius 1 is 1.09 bits per heavy atom. The van der Waals surface area contributed by atoms with Gasteiger partial charge in [0.2, 0.25) is 0 Å². The van der Waals surface area contributed by atoms with Gasteiger partial charge < -0.3 is 29.1 Å². The van der Waals surface area contributed by atoms with Gasteiger partial charge in [-0.15, -0.1) is 0 Å². The fourth-order valence-corrected chi connectivity index (χ4v) is 4.17. The summed E-state index contributed by atoms with van der Waals surface area (Å²) in [6.07, 6.45) is 0.655. The van der Waals surface area contributed by atoms with Gasteiger partial charge in [0.25, 0.3) is 11.7 Å². The van der Waals surface area contributed by atoms with E-state index in [9.17, 15) is 14.7 Å². The Balaban J connectivity index is 2.19. The zero-order chi connectivity index (χ0) is 24.8. The summed E-state index contributed by atoms with van der Waals surface area (Å²) in [6.45, 7) is 3.40. The van der Waals surface area contributed by atoms with Crippen molar-refractivity contribution in [3.8, 4) is 17.2 Å². The standard InChI is InChI=1S/C26H32N2O6/c1-6-34-18-11-7-10-17(16-18)23(29)21-22(19-12-8-13-20(32-4)25(19)33-5)28(26(31)24(21)30)15-9-14-27(2)3/h7-8,10-13,16,22,29H,6,9,14-15H2,1-5H3/b23-21+. The van der Waals surface area contributed by atoms with E-state index in [4.69, 9.17) is 14.2 Å². The molecule has 1 atom stereocenters. The number of methoxy groups -OCH3 is 2. The summed E-state index contributed by atoms with van der Waals surface area (Å²) in [5.74, 6) is -0.219. The van der Waals surface area contributed by atoms with Crippen molar-refractivity contribution in [2.24, 2.45) is 0 Å². The van der Waals surface area contributed by atoms with E-state index >= 15 is 0 Å². The number of rotatable bonds is 10. The van der Waals surface area contributed by atoms with Gasteiger partial charge in [0.15, 0.2) is 11.5 Å². The highest BCUT2D eigenvalue weighted by Crippen LogP contribution is 2.45. The minimum absolute atomic E-state index is 0.00931. The molecule has 1 aliphatic rings. The predicted octanol–water partition coefficient (Wildman–Crippen LogP) is 3.48. The number of hydrogen-bond acceptors (Lipinski definition) is 7.